The normalized spacial score (nSPS) is 11.6. The van der Waals surface area contributed by atoms with E-state index < -0.39 is 0 Å². The molecule has 0 bridgehead atoms. The Morgan fingerprint density at radius 1 is 1.28 bits per heavy atom. The summed E-state index contributed by atoms with van der Waals surface area (Å²) in [6, 6.07) is 8.51. The highest BCUT2D eigenvalue weighted by Gasteiger charge is 2.13. The highest BCUT2D eigenvalue weighted by molar-refractivity contribution is 7.13. The topological polar surface area (TPSA) is 68.0 Å². The number of rotatable bonds is 9. The minimum atomic E-state index is -0.000246. The molecule has 1 unspecified atom stereocenters. The average Bonchev–Trinajstić information content (AvgIpc) is 3.07. The van der Waals surface area contributed by atoms with Gasteiger partial charge in [-0.3, -0.25) is 4.79 Å². The van der Waals surface area contributed by atoms with Crippen molar-refractivity contribution in [2.24, 2.45) is 5.73 Å². The molecule has 0 aliphatic carbocycles. The lowest BCUT2D eigenvalue weighted by Gasteiger charge is -2.15. The van der Waals surface area contributed by atoms with Gasteiger partial charge in [-0.05, 0) is 18.4 Å². The van der Waals surface area contributed by atoms with Crippen molar-refractivity contribution in [3.8, 4) is 10.6 Å². The first-order valence-corrected chi connectivity index (χ1v) is 9.57. The number of carbonyl (C=O) groups excluding carboxylic acids is 1. The summed E-state index contributed by atoms with van der Waals surface area (Å²) in [7, 11) is 0. The molecule has 1 aromatic heterocycles. The smallest absolute Gasteiger partial charge is 0.226 e. The molecule has 0 aliphatic heterocycles. The van der Waals surface area contributed by atoms with Crippen LogP contribution in [-0.2, 0) is 17.6 Å². The lowest BCUT2D eigenvalue weighted by molar-refractivity contribution is -0.121. The van der Waals surface area contributed by atoms with E-state index in [9.17, 15) is 4.79 Å². The lowest BCUT2D eigenvalue weighted by atomic mass is 10.1. The number of thiazole rings is 1. The minimum absolute atomic E-state index is 0. The molecule has 1 amide bonds. The van der Waals surface area contributed by atoms with Crippen LogP contribution in [0.5, 0.6) is 0 Å². The van der Waals surface area contributed by atoms with Gasteiger partial charge in [-0.1, -0.05) is 51.0 Å². The summed E-state index contributed by atoms with van der Waals surface area (Å²) in [5.41, 5.74) is 8.97. The molecular formula is C19H28ClN3OS. The second-order valence-corrected chi connectivity index (χ2v) is 6.87. The number of hydrogen-bond acceptors (Lipinski definition) is 4. The first-order chi connectivity index (χ1) is 11.7. The van der Waals surface area contributed by atoms with Crippen molar-refractivity contribution < 1.29 is 4.79 Å². The third-order valence-electron chi connectivity index (χ3n) is 4.06. The van der Waals surface area contributed by atoms with Crippen molar-refractivity contribution in [2.45, 2.75) is 52.0 Å². The van der Waals surface area contributed by atoms with Crippen LogP contribution in [0.4, 0.5) is 0 Å². The number of hydrogen-bond donors (Lipinski definition) is 2. The molecule has 0 saturated carbocycles. The van der Waals surface area contributed by atoms with E-state index in [4.69, 9.17) is 5.73 Å². The Morgan fingerprint density at radius 2 is 2.00 bits per heavy atom. The zero-order valence-electron chi connectivity index (χ0n) is 15.0. The van der Waals surface area contributed by atoms with Gasteiger partial charge >= 0.3 is 0 Å². The van der Waals surface area contributed by atoms with E-state index in [2.05, 4.69) is 48.4 Å². The Hall–Kier alpha value is -1.43. The quantitative estimate of drug-likeness (QED) is 0.690. The second-order valence-electron chi connectivity index (χ2n) is 6.01. The number of unbranched alkanes of at least 4 members (excludes halogenated alkanes) is 1. The molecule has 138 valence electrons. The molecule has 3 N–H and O–H groups in total. The van der Waals surface area contributed by atoms with Crippen LogP contribution >= 0.6 is 23.7 Å². The monoisotopic (exact) mass is 381 g/mol. The van der Waals surface area contributed by atoms with Crippen LogP contribution in [0.25, 0.3) is 10.6 Å². The summed E-state index contributed by atoms with van der Waals surface area (Å²) in [4.78, 5) is 16.8. The number of nitrogens with one attached hydrogen (secondary N) is 1. The summed E-state index contributed by atoms with van der Waals surface area (Å²) >= 11 is 1.58. The first kappa shape index (κ1) is 21.6. The summed E-state index contributed by atoms with van der Waals surface area (Å²) in [5.74, 6) is -0.000246. The van der Waals surface area contributed by atoms with Gasteiger partial charge in [-0.25, -0.2) is 4.98 Å². The van der Waals surface area contributed by atoms with Crippen LogP contribution in [0.2, 0.25) is 0 Å². The molecule has 0 fully saturated rings. The molecule has 2 rings (SSSR count). The summed E-state index contributed by atoms with van der Waals surface area (Å²) in [6.45, 7) is 4.77. The van der Waals surface area contributed by atoms with Gasteiger partial charge in [0.15, 0.2) is 0 Å². The maximum absolute atomic E-state index is 12.2. The van der Waals surface area contributed by atoms with E-state index in [0.717, 1.165) is 41.9 Å². The summed E-state index contributed by atoms with van der Waals surface area (Å²) in [6.07, 6.45) is 4.47. The fourth-order valence-corrected chi connectivity index (χ4v) is 3.37. The SMILES string of the molecule is CCCCC(CN)NC(=O)Cc1csc(-c2ccc(CC)cc2)n1.Cl. The van der Waals surface area contributed by atoms with Crippen LogP contribution in [0.3, 0.4) is 0 Å². The number of carbonyl (C=O) groups is 1. The van der Waals surface area contributed by atoms with Crippen molar-refractivity contribution in [3.63, 3.8) is 0 Å². The molecule has 1 heterocycles. The largest absolute Gasteiger partial charge is 0.352 e. The Morgan fingerprint density at radius 3 is 2.60 bits per heavy atom. The van der Waals surface area contributed by atoms with Crippen LogP contribution < -0.4 is 11.1 Å². The molecule has 0 radical (unpaired) electrons. The van der Waals surface area contributed by atoms with E-state index in [1.54, 1.807) is 11.3 Å². The molecule has 4 nitrogen and oxygen atoms in total. The molecule has 1 aromatic carbocycles. The first-order valence-electron chi connectivity index (χ1n) is 8.69. The van der Waals surface area contributed by atoms with E-state index in [1.165, 1.54) is 5.56 Å². The van der Waals surface area contributed by atoms with Crippen LogP contribution in [-0.4, -0.2) is 23.5 Å². The van der Waals surface area contributed by atoms with Gasteiger partial charge in [0.2, 0.25) is 5.91 Å². The standard InChI is InChI=1S/C19H27N3OS.ClH/c1-3-5-6-16(12-20)21-18(23)11-17-13-24-19(22-17)15-9-7-14(4-2)8-10-15;/h7-10,13,16H,3-6,11-12,20H2,1-2H3,(H,21,23);1H. The lowest BCUT2D eigenvalue weighted by Crippen LogP contribution is -2.40. The number of benzene rings is 1. The Labute approximate surface area is 160 Å². The average molecular weight is 382 g/mol. The van der Waals surface area contributed by atoms with Crippen molar-refractivity contribution in [1.29, 1.82) is 0 Å². The van der Waals surface area contributed by atoms with Gasteiger partial charge in [0, 0.05) is 23.5 Å². The zero-order chi connectivity index (χ0) is 17.4. The van der Waals surface area contributed by atoms with E-state index in [0.29, 0.717) is 13.0 Å². The van der Waals surface area contributed by atoms with Crippen molar-refractivity contribution in [3.05, 3.63) is 40.9 Å². The molecule has 0 saturated heterocycles. The Kier molecular flexibility index (Phi) is 9.71. The van der Waals surface area contributed by atoms with Crippen LogP contribution in [0.15, 0.2) is 29.6 Å². The van der Waals surface area contributed by atoms with Gasteiger partial charge in [-0.2, -0.15) is 0 Å². The predicted octanol–water partition coefficient (Wildman–Crippen LogP) is 3.97. The third-order valence-corrected chi connectivity index (χ3v) is 5.00. The van der Waals surface area contributed by atoms with Crippen molar-refractivity contribution >= 4 is 29.7 Å². The van der Waals surface area contributed by atoms with Gasteiger partial charge in [0.25, 0.3) is 0 Å². The highest BCUT2D eigenvalue weighted by Crippen LogP contribution is 2.24. The molecule has 2 aromatic rings. The van der Waals surface area contributed by atoms with Crippen LogP contribution in [0.1, 0.15) is 44.4 Å². The molecule has 0 spiro atoms. The summed E-state index contributed by atoms with van der Waals surface area (Å²) in [5, 5.41) is 5.94. The zero-order valence-corrected chi connectivity index (χ0v) is 16.6. The number of nitrogens with two attached hydrogens (primary N) is 1. The number of nitrogens with zero attached hydrogens (tertiary/aromatic N) is 1. The maximum atomic E-state index is 12.2. The van der Waals surface area contributed by atoms with E-state index in [-0.39, 0.29) is 24.4 Å². The highest BCUT2D eigenvalue weighted by atomic mass is 35.5. The number of halogens is 1. The van der Waals surface area contributed by atoms with Crippen LogP contribution in [0, 0.1) is 0 Å². The molecule has 25 heavy (non-hydrogen) atoms. The number of aromatic nitrogens is 1. The molecular weight excluding hydrogens is 354 g/mol. The fraction of sp³-hybridized carbons (Fsp3) is 0.474. The van der Waals surface area contributed by atoms with Gasteiger partial charge in [0.1, 0.15) is 5.01 Å². The van der Waals surface area contributed by atoms with E-state index >= 15 is 0 Å². The number of aryl methyl sites for hydroxylation is 1. The fourth-order valence-electron chi connectivity index (χ4n) is 2.55. The van der Waals surface area contributed by atoms with Crippen molar-refractivity contribution in [1.82, 2.24) is 10.3 Å². The molecule has 1 atom stereocenters. The maximum Gasteiger partial charge on any atom is 0.226 e. The Bertz CT molecular complexity index is 642. The Balaban J connectivity index is 0.00000312. The van der Waals surface area contributed by atoms with Crippen molar-refractivity contribution in [2.75, 3.05) is 6.54 Å². The number of amides is 1. The minimum Gasteiger partial charge on any atom is -0.352 e. The second kappa shape index (κ2) is 11.2. The molecule has 0 aliphatic rings. The van der Waals surface area contributed by atoms with E-state index in [1.807, 2.05) is 5.38 Å². The van der Waals surface area contributed by atoms with Gasteiger partial charge in [0.05, 0.1) is 12.1 Å². The van der Waals surface area contributed by atoms with Gasteiger partial charge in [-0.15, -0.1) is 23.7 Å². The molecule has 6 heteroatoms. The van der Waals surface area contributed by atoms with Gasteiger partial charge < -0.3 is 11.1 Å². The summed E-state index contributed by atoms with van der Waals surface area (Å²) < 4.78 is 0. The third kappa shape index (κ3) is 6.77. The predicted molar refractivity (Wildman–Crippen MR) is 108 cm³/mol.